The van der Waals surface area contributed by atoms with Crippen LogP contribution in [-0.2, 0) is 27.3 Å². The highest BCUT2D eigenvalue weighted by Gasteiger charge is 2.43. The average Bonchev–Trinajstić information content (AvgIpc) is 3.32. The number of amides is 3. The van der Waals surface area contributed by atoms with Gasteiger partial charge in [0.25, 0.3) is 11.6 Å². The van der Waals surface area contributed by atoms with E-state index in [1.807, 2.05) is 30.3 Å². The number of urea groups is 1. The van der Waals surface area contributed by atoms with Gasteiger partial charge >= 0.3 is 12.0 Å². The van der Waals surface area contributed by atoms with Crippen LogP contribution in [0.4, 0.5) is 15.6 Å². The number of anilines is 2. The SMILES string of the molecule is CC(C)(C)O[C@](Cc1ccc(NC(=O)c2csc(NC(=O)NCc3ccccc3)n2)cc1)(N=C=O)C(=O)O. The first kappa shape index (κ1) is 28.2. The number of ether oxygens (including phenoxy) is 1. The maximum Gasteiger partial charge on any atom is 0.360 e. The second kappa shape index (κ2) is 12.2. The normalized spacial score (nSPS) is 12.5. The van der Waals surface area contributed by atoms with Gasteiger partial charge in [-0.05, 0) is 44.0 Å². The van der Waals surface area contributed by atoms with Crippen LogP contribution in [-0.4, -0.2) is 45.4 Å². The minimum Gasteiger partial charge on any atom is -0.478 e. The summed E-state index contributed by atoms with van der Waals surface area (Å²) in [6.45, 7) is 5.30. The first-order valence-corrected chi connectivity index (χ1v) is 12.3. The number of aliphatic carboxylic acids is 1. The maximum absolute atomic E-state index is 12.6. The number of thiazole rings is 1. The Bertz CT molecular complexity index is 1330. The lowest BCUT2D eigenvalue weighted by Crippen LogP contribution is -2.47. The Hall–Kier alpha value is -4.38. The van der Waals surface area contributed by atoms with E-state index in [4.69, 9.17) is 4.74 Å². The molecular weight excluding hydrogens is 510 g/mol. The first-order valence-electron chi connectivity index (χ1n) is 11.5. The molecule has 12 heteroatoms. The van der Waals surface area contributed by atoms with Gasteiger partial charge in [0.05, 0.1) is 5.60 Å². The molecule has 0 saturated carbocycles. The lowest BCUT2D eigenvalue weighted by Gasteiger charge is -2.32. The van der Waals surface area contributed by atoms with E-state index in [-0.39, 0.29) is 17.2 Å². The zero-order chi connectivity index (χ0) is 27.8. The number of rotatable bonds is 10. The van der Waals surface area contributed by atoms with Crippen molar-refractivity contribution >= 4 is 46.1 Å². The van der Waals surface area contributed by atoms with Crippen molar-refractivity contribution in [1.82, 2.24) is 10.3 Å². The topological polar surface area (TPSA) is 159 Å². The molecule has 0 unspecified atom stereocenters. The highest BCUT2D eigenvalue weighted by molar-refractivity contribution is 7.14. The third-order valence-electron chi connectivity index (χ3n) is 4.94. The molecule has 0 radical (unpaired) electrons. The third-order valence-corrected chi connectivity index (χ3v) is 5.70. The Kier molecular flexibility index (Phi) is 9.08. The number of isocyanates is 1. The molecule has 2 aromatic carbocycles. The zero-order valence-electron chi connectivity index (χ0n) is 21.0. The highest BCUT2D eigenvalue weighted by Crippen LogP contribution is 2.27. The van der Waals surface area contributed by atoms with Crippen molar-refractivity contribution in [3.05, 3.63) is 76.8 Å². The van der Waals surface area contributed by atoms with Crippen molar-refractivity contribution in [3.63, 3.8) is 0 Å². The van der Waals surface area contributed by atoms with E-state index in [2.05, 4.69) is 25.9 Å². The van der Waals surface area contributed by atoms with Crippen LogP contribution in [0.25, 0.3) is 0 Å². The summed E-state index contributed by atoms with van der Waals surface area (Å²) in [5, 5.41) is 19.5. The molecular formula is C26H27N5O6S. The standard InChI is InChI=1S/C26H27N5O6S/c1-25(2,3)37-26(22(34)35,28-16-32)13-17-9-11-19(12-10-17)29-21(33)20-15-38-24(30-20)31-23(36)27-14-18-7-5-4-6-8-18/h4-12,15H,13-14H2,1-3H3,(H,29,33)(H,34,35)(H2,27,30,31,36)/t26-/m0/s1. The molecule has 0 spiro atoms. The van der Waals surface area contributed by atoms with Crippen molar-refractivity contribution in [2.45, 2.75) is 45.1 Å². The highest BCUT2D eigenvalue weighted by atomic mass is 32.1. The smallest absolute Gasteiger partial charge is 0.360 e. The summed E-state index contributed by atoms with van der Waals surface area (Å²) in [6, 6.07) is 15.3. The minimum absolute atomic E-state index is 0.112. The van der Waals surface area contributed by atoms with Gasteiger partial charge in [-0.2, -0.15) is 4.99 Å². The summed E-state index contributed by atoms with van der Waals surface area (Å²) in [4.78, 5) is 55.2. The number of aromatic nitrogens is 1. The van der Waals surface area contributed by atoms with Crippen LogP contribution in [0.5, 0.6) is 0 Å². The number of aliphatic imine (C=N–C) groups is 1. The molecule has 0 aliphatic heterocycles. The Morgan fingerprint density at radius 2 is 1.71 bits per heavy atom. The van der Waals surface area contributed by atoms with Crippen LogP contribution in [0.1, 0.15) is 42.4 Å². The van der Waals surface area contributed by atoms with Crippen LogP contribution in [0.15, 0.2) is 65.0 Å². The van der Waals surface area contributed by atoms with E-state index in [1.165, 1.54) is 11.5 Å². The number of carboxylic acids is 1. The molecule has 11 nitrogen and oxygen atoms in total. The van der Waals surface area contributed by atoms with Crippen LogP contribution < -0.4 is 16.0 Å². The van der Waals surface area contributed by atoms with E-state index >= 15 is 0 Å². The lowest BCUT2D eigenvalue weighted by molar-refractivity contribution is -0.182. The molecule has 38 heavy (non-hydrogen) atoms. The van der Waals surface area contributed by atoms with Gasteiger partial charge in [-0.1, -0.05) is 42.5 Å². The Morgan fingerprint density at radius 3 is 2.32 bits per heavy atom. The monoisotopic (exact) mass is 537 g/mol. The largest absolute Gasteiger partial charge is 0.478 e. The van der Waals surface area contributed by atoms with Gasteiger partial charge in [-0.3, -0.25) is 10.1 Å². The van der Waals surface area contributed by atoms with Crippen LogP contribution in [0, 0.1) is 0 Å². The summed E-state index contributed by atoms with van der Waals surface area (Å²) in [6.07, 6.45) is 1.07. The van der Waals surface area contributed by atoms with Crippen molar-refractivity contribution < 1.29 is 29.0 Å². The molecule has 4 N–H and O–H groups in total. The van der Waals surface area contributed by atoms with Gasteiger partial charge in [-0.25, -0.2) is 19.4 Å². The Labute approximate surface area is 223 Å². The molecule has 3 aromatic rings. The Balaban J connectivity index is 1.60. The van der Waals surface area contributed by atoms with Crippen LogP contribution in [0.3, 0.4) is 0 Å². The van der Waals surface area contributed by atoms with Crippen molar-refractivity contribution in [2.24, 2.45) is 4.99 Å². The molecule has 1 heterocycles. The fourth-order valence-electron chi connectivity index (χ4n) is 3.38. The van der Waals surface area contributed by atoms with Crippen molar-refractivity contribution in [1.29, 1.82) is 0 Å². The van der Waals surface area contributed by atoms with E-state index in [9.17, 15) is 24.3 Å². The summed E-state index contributed by atoms with van der Waals surface area (Å²) in [7, 11) is 0. The van der Waals surface area contributed by atoms with Gasteiger partial charge in [0.15, 0.2) is 5.13 Å². The molecule has 0 aliphatic carbocycles. The molecule has 198 valence electrons. The number of benzene rings is 2. The lowest BCUT2D eigenvalue weighted by atomic mass is 10.0. The number of carboxylic acid groups (broad SMARTS) is 1. The molecule has 0 fully saturated rings. The molecule has 1 atom stereocenters. The predicted molar refractivity (Wildman–Crippen MR) is 142 cm³/mol. The number of nitrogens with zero attached hydrogens (tertiary/aromatic N) is 2. The average molecular weight is 538 g/mol. The number of hydrogen-bond acceptors (Lipinski definition) is 8. The summed E-state index contributed by atoms with van der Waals surface area (Å²) >= 11 is 1.10. The molecule has 1 aromatic heterocycles. The summed E-state index contributed by atoms with van der Waals surface area (Å²) in [5.74, 6) is -1.91. The summed E-state index contributed by atoms with van der Waals surface area (Å²) in [5.41, 5.74) is -1.03. The molecule has 0 saturated heterocycles. The second-order valence-electron chi connectivity index (χ2n) is 9.17. The Morgan fingerprint density at radius 1 is 1.03 bits per heavy atom. The number of carbonyl (C=O) groups excluding carboxylic acids is 3. The van der Waals surface area contributed by atoms with Crippen molar-refractivity contribution in [3.8, 4) is 0 Å². The quantitative estimate of drug-likeness (QED) is 0.223. The van der Waals surface area contributed by atoms with Gasteiger partial charge in [0, 0.05) is 24.0 Å². The third kappa shape index (κ3) is 8.07. The number of hydrogen-bond donors (Lipinski definition) is 4. The second-order valence-corrected chi connectivity index (χ2v) is 10.0. The molecule has 3 rings (SSSR count). The maximum atomic E-state index is 12.6. The number of carbonyl (C=O) groups is 3. The van der Waals surface area contributed by atoms with E-state index in [1.54, 1.807) is 45.0 Å². The summed E-state index contributed by atoms with van der Waals surface area (Å²) < 4.78 is 5.61. The molecule has 0 bridgehead atoms. The van der Waals surface area contributed by atoms with Crippen LogP contribution in [0.2, 0.25) is 0 Å². The number of nitrogens with one attached hydrogen (secondary N) is 3. The molecule has 3 amide bonds. The zero-order valence-corrected chi connectivity index (χ0v) is 21.8. The fraction of sp³-hybridized carbons (Fsp3) is 0.269. The van der Waals surface area contributed by atoms with Crippen LogP contribution >= 0.6 is 11.3 Å². The van der Waals surface area contributed by atoms with Gasteiger partial charge < -0.3 is 20.5 Å². The fourth-order valence-corrected chi connectivity index (χ4v) is 4.06. The first-order chi connectivity index (χ1) is 18.0. The van der Waals surface area contributed by atoms with Gasteiger partial charge in [-0.15, -0.1) is 11.3 Å². The molecule has 0 aliphatic rings. The van der Waals surface area contributed by atoms with Gasteiger partial charge in [0.1, 0.15) is 5.69 Å². The van der Waals surface area contributed by atoms with E-state index in [0.717, 1.165) is 16.9 Å². The van der Waals surface area contributed by atoms with Gasteiger partial charge in [0.2, 0.25) is 6.08 Å². The van der Waals surface area contributed by atoms with E-state index < -0.39 is 29.2 Å². The van der Waals surface area contributed by atoms with Crippen molar-refractivity contribution in [2.75, 3.05) is 10.6 Å². The minimum atomic E-state index is -2.14. The van der Waals surface area contributed by atoms with E-state index in [0.29, 0.717) is 17.8 Å². The predicted octanol–water partition coefficient (Wildman–Crippen LogP) is 4.19.